The Balaban J connectivity index is 0.00000121. The largest absolute Gasteiger partial charge is 0.368 e. The lowest BCUT2D eigenvalue weighted by atomic mass is 10.1. The summed E-state index contributed by atoms with van der Waals surface area (Å²) in [5.74, 6) is -0.504. The van der Waals surface area contributed by atoms with Crippen LogP contribution in [0.2, 0.25) is 0 Å². The van der Waals surface area contributed by atoms with E-state index in [9.17, 15) is 4.79 Å². The van der Waals surface area contributed by atoms with E-state index >= 15 is 0 Å². The van der Waals surface area contributed by atoms with Crippen molar-refractivity contribution in [1.82, 2.24) is 0 Å². The van der Waals surface area contributed by atoms with E-state index in [2.05, 4.69) is 0 Å². The first-order valence-corrected chi connectivity index (χ1v) is 3.31. The van der Waals surface area contributed by atoms with Crippen molar-refractivity contribution in [3.63, 3.8) is 0 Å². The SMILES string of the molecule is Cl.NC(=O)[C@@H](N)c1ccccc1. The zero-order valence-electron chi connectivity index (χ0n) is 6.44. The van der Waals surface area contributed by atoms with Crippen LogP contribution in [0.5, 0.6) is 0 Å². The zero-order chi connectivity index (χ0) is 8.27. The number of rotatable bonds is 2. The molecule has 0 spiro atoms. The number of benzene rings is 1. The number of hydrogen-bond donors (Lipinski definition) is 2. The minimum absolute atomic E-state index is 0. The van der Waals surface area contributed by atoms with Crippen LogP contribution in [-0.4, -0.2) is 5.91 Å². The molecule has 12 heavy (non-hydrogen) atoms. The quantitative estimate of drug-likeness (QED) is 0.710. The Hall–Kier alpha value is -1.06. The van der Waals surface area contributed by atoms with Gasteiger partial charge in [-0.15, -0.1) is 12.4 Å². The van der Waals surface area contributed by atoms with Crippen LogP contribution < -0.4 is 11.5 Å². The van der Waals surface area contributed by atoms with Gasteiger partial charge < -0.3 is 11.5 Å². The fraction of sp³-hybridized carbons (Fsp3) is 0.125. The molecule has 1 atom stereocenters. The second-order valence-electron chi connectivity index (χ2n) is 2.29. The van der Waals surface area contributed by atoms with Crippen molar-refractivity contribution in [3.05, 3.63) is 35.9 Å². The Morgan fingerprint density at radius 3 is 2.17 bits per heavy atom. The Bertz CT molecular complexity index is 250. The van der Waals surface area contributed by atoms with Crippen LogP contribution in [0.3, 0.4) is 0 Å². The summed E-state index contributed by atoms with van der Waals surface area (Å²) < 4.78 is 0. The van der Waals surface area contributed by atoms with Gasteiger partial charge in [0.25, 0.3) is 0 Å². The molecule has 4 heteroatoms. The van der Waals surface area contributed by atoms with Crippen molar-refractivity contribution < 1.29 is 4.79 Å². The Morgan fingerprint density at radius 2 is 1.75 bits per heavy atom. The average Bonchev–Trinajstić information content (AvgIpc) is 2.05. The summed E-state index contributed by atoms with van der Waals surface area (Å²) in [7, 11) is 0. The van der Waals surface area contributed by atoms with Gasteiger partial charge in [0, 0.05) is 0 Å². The molecule has 0 aliphatic carbocycles. The fourth-order valence-electron chi connectivity index (χ4n) is 0.825. The summed E-state index contributed by atoms with van der Waals surface area (Å²) >= 11 is 0. The molecule has 1 aromatic rings. The van der Waals surface area contributed by atoms with Crippen LogP contribution in [0.25, 0.3) is 0 Å². The number of hydrogen-bond acceptors (Lipinski definition) is 2. The normalized spacial score (nSPS) is 11.4. The third kappa shape index (κ3) is 2.53. The highest BCUT2D eigenvalue weighted by Gasteiger charge is 2.09. The van der Waals surface area contributed by atoms with E-state index < -0.39 is 11.9 Å². The maximum Gasteiger partial charge on any atom is 0.238 e. The molecule has 0 aliphatic heterocycles. The average molecular weight is 187 g/mol. The predicted molar refractivity (Wildman–Crippen MR) is 49.8 cm³/mol. The monoisotopic (exact) mass is 186 g/mol. The van der Waals surface area contributed by atoms with E-state index in [4.69, 9.17) is 11.5 Å². The molecule has 0 aromatic heterocycles. The number of halogens is 1. The first-order chi connectivity index (χ1) is 5.22. The summed E-state index contributed by atoms with van der Waals surface area (Å²) in [6.07, 6.45) is 0. The maximum absolute atomic E-state index is 10.6. The van der Waals surface area contributed by atoms with Crippen molar-refractivity contribution in [2.24, 2.45) is 11.5 Å². The van der Waals surface area contributed by atoms with Gasteiger partial charge in [0.1, 0.15) is 6.04 Å². The van der Waals surface area contributed by atoms with Gasteiger partial charge in [-0.3, -0.25) is 4.79 Å². The predicted octanol–water partition coefficient (Wildman–Crippen LogP) is 0.593. The van der Waals surface area contributed by atoms with E-state index in [1.54, 1.807) is 12.1 Å². The van der Waals surface area contributed by atoms with Crippen molar-refractivity contribution in [2.45, 2.75) is 6.04 Å². The lowest BCUT2D eigenvalue weighted by molar-refractivity contribution is -0.119. The third-order valence-electron chi connectivity index (χ3n) is 1.47. The number of carbonyl (C=O) groups is 1. The molecule has 0 saturated carbocycles. The number of primary amides is 1. The zero-order valence-corrected chi connectivity index (χ0v) is 7.25. The minimum Gasteiger partial charge on any atom is -0.368 e. The molecule has 0 saturated heterocycles. The summed E-state index contributed by atoms with van der Waals surface area (Å²) in [6, 6.07) is 8.36. The van der Waals surface area contributed by atoms with E-state index in [0.29, 0.717) is 0 Å². The molecule has 1 amide bonds. The van der Waals surface area contributed by atoms with Crippen LogP contribution in [0.15, 0.2) is 30.3 Å². The summed E-state index contributed by atoms with van der Waals surface area (Å²) in [4.78, 5) is 10.6. The fourth-order valence-corrected chi connectivity index (χ4v) is 0.825. The van der Waals surface area contributed by atoms with E-state index in [0.717, 1.165) is 5.56 Å². The molecule has 0 unspecified atom stereocenters. The summed E-state index contributed by atoms with van der Waals surface area (Å²) in [5.41, 5.74) is 11.2. The number of nitrogens with two attached hydrogens (primary N) is 2. The molecule has 0 bridgehead atoms. The van der Waals surface area contributed by atoms with Gasteiger partial charge in [-0.1, -0.05) is 30.3 Å². The first kappa shape index (κ1) is 10.9. The van der Waals surface area contributed by atoms with Crippen LogP contribution in [0, 0.1) is 0 Å². The van der Waals surface area contributed by atoms with Gasteiger partial charge in [-0.25, -0.2) is 0 Å². The molecular weight excluding hydrogens is 176 g/mol. The smallest absolute Gasteiger partial charge is 0.238 e. The Kier molecular flexibility index (Phi) is 4.33. The standard InChI is InChI=1S/C8H10N2O.ClH/c9-7(8(10)11)6-4-2-1-3-5-6;/h1-5,7H,9H2,(H2,10,11);1H/t7-;/m0./s1. The van der Waals surface area contributed by atoms with Gasteiger partial charge in [0.2, 0.25) is 5.91 Å². The van der Waals surface area contributed by atoms with Gasteiger partial charge >= 0.3 is 0 Å². The van der Waals surface area contributed by atoms with E-state index in [1.165, 1.54) is 0 Å². The number of amides is 1. The molecule has 1 aromatic carbocycles. The van der Waals surface area contributed by atoms with Gasteiger partial charge in [0.05, 0.1) is 0 Å². The molecule has 66 valence electrons. The minimum atomic E-state index is -0.684. The molecule has 1 rings (SSSR count). The number of carbonyl (C=O) groups excluding carboxylic acids is 1. The highest BCUT2D eigenvalue weighted by atomic mass is 35.5. The van der Waals surface area contributed by atoms with Crippen LogP contribution in [0.4, 0.5) is 0 Å². The van der Waals surface area contributed by atoms with Gasteiger partial charge in [-0.2, -0.15) is 0 Å². The highest BCUT2D eigenvalue weighted by molar-refractivity contribution is 5.85. The molecule has 0 fully saturated rings. The van der Waals surface area contributed by atoms with Gasteiger partial charge in [-0.05, 0) is 5.56 Å². The Labute approximate surface area is 77.2 Å². The molecular formula is C8H11ClN2O. The Morgan fingerprint density at radius 1 is 1.25 bits per heavy atom. The van der Waals surface area contributed by atoms with E-state index in [1.807, 2.05) is 18.2 Å². The molecule has 0 radical (unpaired) electrons. The second-order valence-corrected chi connectivity index (χ2v) is 2.29. The van der Waals surface area contributed by atoms with Crippen LogP contribution in [-0.2, 0) is 4.79 Å². The van der Waals surface area contributed by atoms with Crippen molar-refractivity contribution in [1.29, 1.82) is 0 Å². The lowest BCUT2D eigenvalue weighted by Crippen LogP contribution is -2.27. The van der Waals surface area contributed by atoms with Gasteiger partial charge in [0.15, 0.2) is 0 Å². The van der Waals surface area contributed by atoms with Crippen LogP contribution in [0.1, 0.15) is 11.6 Å². The van der Waals surface area contributed by atoms with Crippen molar-refractivity contribution in [2.75, 3.05) is 0 Å². The van der Waals surface area contributed by atoms with Crippen molar-refractivity contribution in [3.8, 4) is 0 Å². The van der Waals surface area contributed by atoms with E-state index in [-0.39, 0.29) is 12.4 Å². The van der Waals surface area contributed by atoms with Crippen molar-refractivity contribution >= 4 is 18.3 Å². The molecule has 0 aliphatic rings. The third-order valence-corrected chi connectivity index (χ3v) is 1.47. The second kappa shape index (κ2) is 4.74. The van der Waals surface area contributed by atoms with Crippen LogP contribution >= 0.6 is 12.4 Å². The molecule has 4 N–H and O–H groups in total. The maximum atomic E-state index is 10.6. The first-order valence-electron chi connectivity index (χ1n) is 3.31. The molecule has 3 nitrogen and oxygen atoms in total. The summed E-state index contributed by atoms with van der Waals surface area (Å²) in [6.45, 7) is 0. The highest BCUT2D eigenvalue weighted by Crippen LogP contribution is 2.07. The molecule has 0 heterocycles. The summed E-state index contributed by atoms with van der Waals surface area (Å²) in [5, 5.41) is 0. The topological polar surface area (TPSA) is 69.1 Å². The lowest BCUT2D eigenvalue weighted by Gasteiger charge is -2.05.